The summed E-state index contributed by atoms with van der Waals surface area (Å²) in [7, 11) is 0. The standard InChI is InChI=1S/C12H21NO5/c1-10(2,3)18-9(15)13-4-11(5-13,6-14)12(16)7-17-8-12/h14,16H,4-8H2,1-3H3. The summed E-state index contributed by atoms with van der Waals surface area (Å²) in [5.41, 5.74) is -2.21. The van der Waals surface area contributed by atoms with E-state index in [1.165, 1.54) is 4.90 Å². The van der Waals surface area contributed by atoms with Crippen LogP contribution in [0.4, 0.5) is 4.79 Å². The summed E-state index contributed by atoms with van der Waals surface area (Å²) in [5, 5.41) is 19.7. The van der Waals surface area contributed by atoms with Crippen LogP contribution in [0.1, 0.15) is 20.8 Å². The monoisotopic (exact) mass is 259 g/mol. The lowest BCUT2D eigenvalue weighted by Gasteiger charge is -2.59. The first-order valence-electron chi connectivity index (χ1n) is 6.10. The average molecular weight is 259 g/mol. The lowest BCUT2D eigenvalue weighted by molar-refractivity contribution is -0.278. The molecule has 2 N–H and O–H groups in total. The molecule has 0 aromatic heterocycles. The molecule has 0 saturated carbocycles. The van der Waals surface area contributed by atoms with Gasteiger partial charge in [-0.15, -0.1) is 0 Å². The lowest BCUT2D eigenvalue weighted by atomic mass is 9.65. The molecule has 0 unspecified atom stereocenters. The van der Waals surface area contributed by atoms with Gasteiger partial charge in [0.05, 0.1) is 25.2 Å². The Labute approximate surface area is 106 Å². The van der Waals surface area contributed by atoms with Crippen LogP contribution in [0.15, 0.2) is 0 Å². The summed E-state index contributed by atoms with van der Waals surface area (Å²) in [6.45, 7) is 6.29. The Morgan fingerprint density at radius 3 is 2.28 bits per heavy atom. The van der Waals surface area contributed by atoms with E-state index in [1.807, 2.05) is 0 Å². The molecule has 104 valence electrons. The van der Waals surface area contributed by atoms with Crippen molar-refractivity contribution in [3.63, 3.8) is 0 Å². The SMILES string of the molecule is CC(C)(C)OC(=O)N1CC(CO)(C2(O)COC2)C1. The Hall–Kier alpha value is -0.850. The molecular formula is C12H21NO5. The van der Waals surface area contributed by atoms with Crippen molar-refractivity contribution in [3.05, 3.63) is 0 Å². The Kier molecular flexibility index (Phi) is 3.08. The third kappa shape index (κ3) is 2.08. The molecule has 2 rings (SSSR count). The molecular weight excluding hydrogens is 238 g/mol. The summed E-state index contributed by atoms with van der Waals surface area (Å²) in [6.07, 6.45) is -0.407. The van der Waals surface area contributed by atoms with E-state index in [1.54, 1.807) is 20.8 Å². The van der Waals surface area contributed by atoms with E-state index in [4.69, 9.17) is 9.47 Å². The highest BCUT2D eigenvalue weighted by Gasteiger charge is 2.62. The second-order valence-corrected chi connectivity index (χ2v) is 6.30. The normalized spacial score (nSPS) is 25.1. The number of nitrogens with zero attached hydrogens (tertiary/aromatic N) is 1. The zero-order valence-electron chi connectivity index (χ0n) is 11.1. The fourth-order valence-corrected chi connectivity index (χ4v) is 2.28. The van der Waals surface area contributed by atoms with Crippen molar-refractivity contribution in [1.82, 2.24) is 4.90 Å². The van der Waals surface area contributed by atoms with Crippen molar-refractivity contribution < 1.29 is 24.5 Å². The van der Waals surface area contributed by atoms with E-state index in [-0.39, 0.29) is 19.8 Å². The van der Waals surface area contributed by atoms with Crippen molar-refractivity contribution >= 4 is 6.09 Å². The van der Waals surface area contributed by atoms with Crippen LogP contribution < -0.4 is 0 Å². The quantitative estimate of drug-likeness (QED) is 0.728. The van der Waals surface area contributed by atoms with Crippen LogP contribution in [0, 0.1) is 5.41 Å². The van der Waals surface area contributed by atoms with Gasteiger partial charge in [-0.3, -0.25) is 0 Å². The number of ether oxygens (including phenoxy) is 2. The highest BCUT2D eigenvalue weighted by molar-refractivity contribution is 5.69. The zero-order chi connectivity index (χ0) is 13.6. The molecule has 2 saturated heterocycles. The number of hydrogen-bond acceptors (Lipinski definition) is 5. The van der Waals surface area contributed by atoms with Crippen LogP contribution in [0.5, 0.6) is 0 Å². The van der Waals surface area contributed by atoms with E-state index in [0.717, 1.165) is 0 Å². The lowest BCUT2D eigenvalue weighted by Crippen LogP contribution is -2.76. The van der Waals surface area contributed by atoms with Gasteiger partial charge in [0.25, 0.3) is 0 Å². The molecule has 0 aromatic carbocycles. The van der Waals surface area contributed by atoms with Gasteiger partial charge in [-0.25, -0.2) is 4.79 Å². The molecule has 0 aromatic rings. The van der Waals surface area contributed by atoms with Gasteiger partial charge in [0.15, 0.2) is 0 Å². The van der Waals surface area contributed by atoms with E-state index in [2.05, 4.69) is 0 Å². The minimum atomic E-state index is -1.01. The van der Waals surface area contributed by atoms with Crippen molar-refractivity contribution in [2.24, 2.45) is 5.41 Å². The summed E-state index contributed by atoms with van der Waals surface area (Å²) in [4.78, 5) is 13.3. The van der Waals surface area contributed by atoms with Gasteiger partial charge in [0.1, 0.15) is 11.2 Å². The molecule has 2 aliphatic heterocycles. The maximum Gasteiger partial charge on any atom is 0.410 e. The molecule has 6 nitrogen and oxygen atoms in total. The van der Waals surface area contributed by atoms with Crippen LogP contribution in [-0.2, 0) is 9.47 Å². The van der Waals surface area contributed by atoms with Gasteiger partial charge in [-0.05, 0) is 20.8 Å². The molecule has 0 aliphatic carbocycles. The third-order valence-corrected chi connectivity index (χ3v) is 3.61. The molecule has 2 fully saturated rings. The number of aliphatic hydroxyl groups is 2. The van der Waals surface area contributed by atoms with E-state index in [9.17, 15) is 15.0 Å². The highest BCUT2D eigenvalue weighted by Crippen LogP contribution is 2.44. The maximum absolute atomic E-state index is 11.8. The van der Waals surface area contributed by atoms with Crippen LogP contribution in [-0.4, -0.2) is 65.3 Å². The van der Waals surface area contributed by atoms with Gasteiger partial charge in [0.2, 0.25) is 0 Å². The Balaban J connectivity index is 1.94. The Bertz CT molecular complexity index is 339. The largest absolute Gasteiger partial charge is 0.444 e. The smallest absolute Gasteiger partial charge is 0.410 e. The number of carbonyl (C=O) groups is 1. The summed E-state index contributed by atoms with van der Waals surface area (Å²) >= 11 is 0. The predicted octanol–water partition coefficient (Wildman–Crippen LogP) is -0.0229. The highest BCUT2D eigenvalue weighted by atomic mass is 16.6. The molecule has 6 heteroatoms. The van der Waals surface area contributed by atoms with Crippen molar-refractivity contribution in [2.75, 3.05) is 32.9 Å². The molecule has 0 spiro atoms. The van der Waals surface area contributed by atoms with Crippen LogP contribution >= 0.6 is 0 Å². The van der Waals surface area contributed by atoms with Gasteiger partial charge in [0, 0.05) is 13.1 Å². The third-order valence-electron chi connectivity index (χ3n) is 3.61. The molecule has 2 aliphatic rings. The molecule has 0 radical (unpaired) electrons. The second kappa shape index (κ2) is 4.08. The van der Waals surface area contributed by atoms with Crippen molar-refractivity contribution in [2.45, 2.75) is 32.0 Å². The topological polar surface area (TPSA) is 79.2 Å². The maximum atomic E-state index is 11.8. The van der Waals surface area contributed by atoms with Gasteiger partial charge >= 0.3 is 6.09 Å². The van der Waals surface area contributed by atoms with Crippen LogP contribution in [0.25, 0.3) is 0 Å². The first-order chi connectivity index (χ1) is 8.21. The van der Waals surface area contributed by atoms with E-state index >= 15 is 0 Å². The Morgan fingerprint density at radius 2 is 1.94 bits per heavy atom. The minimum absolute atomic E-state index is 0.161. The second-order valence-electron chi connectivity index (χ2n) is 6.30. The number of likely N-dealkylation sites (tertiary alicyclic amines) is 1. The van der Waals surface area contributed by atoms with Crippen molar-refractivity contribution in [3.8, 4) is 0 Å². The summed E-state index contributed by atoms with van der Waals surface area (Å²) in [6, 6.07) is 0. The Morgan fingerprint density at radius 1 is 1.39 bits per heavy atom. The first-order valence-corrected chi connectivity index (χ1v) is 6.10. The molecule has 2 heterocycles. The number of carbonyl (C=O) groups excluding carboxylic acids is 1. The summed E-state index contributed by atoms with van der Waals surface area (Å²) < 4.78 is 10.2. The number of amides is 1. The predicted molar refractivity (Wildman–Crippen MR) is 63.1 cm³/mol. The molecule has 1 amide bonds. The number of rotatable bonds is 2. The van der Waals surface area contributed by atoms with Crippen LogP contribution in [0.3, 0.4) is 0 Å². The van der Waals surface area contributed by atoms with Crippen molar-refractivity contribution in [1.29, 1.82) is 0 Å². The van der Waals surface area contributed by atoms with Gasteiger partial charge < -0.3 is 24.6 Å². The molecule has 18 heavy (non-hydrogen) atoms. The fraction of sp³-hybridized carbons (Fsp3) is 0.917. The van der Waals surface area contributed by atoms with Crippen LogP contribution in [0.2, 0.25) is 0 Å². The molecule has 0 atom stereocenters. The summed E-state index contributed by atoms with van der Waals surface area (Å²) in [5.74, 6) is 0. The molecule has 0 bridgehead atoms. The fourth-order valence-electron chi connectivity index (χ4n) is 2.28. The minimum Gasteiger partial charge on any atom is -0.444 e. The van der Waals surface area contributed by atoms with E-state index < -0.39 is 22.7 Å². The van der Waals surface area contributed by atoms with Gasteiger partial charge in [-0.2, -0.15) is 0 Å². The zero-order valence-corrected chi connectivity index (χ0v) is 11.1. The van der Waals surface area contributed by atoms with Gasteiger partial charge in [-0.1, -0.05) is 0 Å². The first kappa shape index (κ1) is 13.6. The van der Waals surface area contributed by atoms with E-state index in [0.29, 0.717) is 13.1 Å². The number of aliphatic hydroxyl groups excluding tert-OH is 1. The number of hydrogen-bond donors (Lipinski definition) is 2. The average Bonchev–Trinajstić information content (AvgIpc) is 2.11.